The molecule has 0 unspecified atom stereocenters. The molecule has 4 rings (SSSR count). The summed E-state index contributed by atoms with van der Waals surface area (Å²) < 4.78 is 55.1. The van der Waals surface area contributed by atoms with E-state index in [1.54, 1.807) is 6.07 Å². The van der Waals surface area contributed by atoms with E-state index < -0.39 is 35.6 Å². The Morgan fingerprint density at radius 2 is 1.94 bits per heavy atom. The van der Waals surface area contributed by atoms with Gasteiger partial charge in [-0.15, -0.1) is 0 Å². The van der Waals surface area contributed by atoms with Gasteiger partial charge in [-0.3, -0.25) is 14.2 Å². The Hall–Kier alpha value is -4.02. The number of halogens is 4. The first kappa shape index (κ1) is 20.3. The first-order valence-corrected chi connectivity index (χ1v) is 8.88. The molecule has 0 fully saturated rings. The van der Waals surface area contributed by atoms with Crippen LogP contribution in [-0.4, -0.2) is 25.2 Å². The molecule has 0 spiro atoms. The maximum Gasteiger partial charge on any atom is 0.416 e. The van der Waals surface area contributed by atoms with Gasteiger partial charge < -0.3 is 5.32 Å². The summed E-state index contributed by atoms with van der Waals surface area (Å²) in [5.41, 5.74) is -1.30. The summed E-state index contributed by atoms with van der Waals surface area (Å²) in [6.45, 7) is -0.535. The van der Waals surface area contributed by atoms with E-state index in [0.29, 0.717) is 0 Å². The maximum absolute atomic E-state index is 13.5. The minimum atomic E-state index is -4.62. The first-order chi connectivity index (χ1) is 14.7. The van der Waals surface area contributed by atoms with Crippen LogP contribution in [0, 0.1) is 5.82 Å². The van der Waals surface area contributed by atoms with Crippen LogP contribution in [0.2, 0.25) is 0 Å². The van der Waals surface area contributed by atoms with Crippen molar-refractivity contribution in [3.63, 3.8) is 0 Å². The number of carbonyl (C=O) groups is 1. The van der Waals surface area contributed by atoms with Crippen LogP contribution in [0.1, 0.15) is 5.56 Å². The van der Waals surface area contributed by atoms with E-state index in [-0.39, 0.29) is 22.3 Å². The predicted octanol–water partition coefficient (Wildman–Crippen LogP) is 3.38. The van der Waals surface area contributed by atoms with Crippen LogP contribution in [0.3, 0.4) is 0 Å². The fourth-order valence-corrected chi connectivity index (χ4v) is 3.01. The Balaban J connectivity index is 1.66. The average Bonchev–Trinajstić information content (AvgIpc) is 3.24. The van der Waals surface area contributed by atoms with Crippen molar-refractivity contribution in [2.75, 3.05) is 5.32 Å². The van der Waals surface area contributed by atoms with Crippen LogP contribution in [-0.2, 0) is 17.5 Å². The molecule has 0 radical (unpaired) electrons. The number of benzene rings is 2. The van der Waals surface area contributed by atoms with Crippen LogP contribution in [0.5, 0.6) is 0 Å². The molecule has 1 amide bonds. The van der Waals surface area contributed by atoms with Crippen LogP contribution in [0.25, 0.3) is 16.6 Å². The van der Waals surface area contributed by atoms with E-state index in [2.05, 4.69) is 15.4 Å². The third-order valence-electron chi connectivity index (χ3n) is 4.45. The number of alkyl halides is 3. The van der Waals surface area contributed by atoms with Gasteiger partial charge in [-0.2, -0.15) is 18.3 Å². The van der Waals surface area contributed by atoms with Crippen molar-refractivity contribution in [2.45, 2.75) is 12.7 Å². The molecular weight excluding hydrogens is 418 g/mol. The molecule has 4 aromatic rings. The molecule has 0 atom stereocenters. The molecular formula is C20H13F4N5O2. The van der Waals surface area contributed by atoms with Gasteiger partial charge in [0.15, 0.2) is 0 Å². The zero-order valence-electron chi connectivity index (χ0n) is 15.6. The van der Waals surface area contributed by atoms with Gasteiger partial charge in [0.25, 0.3) is 5.56 Å². The summed E-state index contributed by atoms with van der Waals surface area (Å²) >= 11 is 0. The summed E-state index contributed by atoms with van der Waals surface area (Å²) in [6, 6.07) is 7.89. The molecule has 7 nitrogen and oxygen atoms in total. The SMILES string of the molecule is O=C(Cn1cnc2ccc(F)cc2c1=O)Nc1cc(C(F)(F)F)ccc1-n1cccn1. The Morgan fingerprint density at radius 3 is 2.65 bits per heavy atom. The summed E-state index contributed by atoms with van der Waals surface area (Å²) in [5.74, 6) is -1.41. The largest absolute Gasteiger partial charge is 0.416 e. The van der Waals surface area contributed by atoms with Crippen molar-refractivity contribution in [1.82, 2.24) is 19.3 Å². The van der Waals surface area contributed by atoms with Crippen molar-refractivity contribution in [3.05, 3.63) is 82.9 Å². The van der Waals surface area contributed by atoms with E-state index >= 15 is 0 Å². The van der Waals surface area contributed by atoms with E-state index in [9.17, 15) is 27.2 Å². The lowest BCUT2D eigenvalue weighted by Crippen LogP contribution is -2.28. The van der Waals surface area contributed by atoms with Crippen molar-refractivity contribution in [2.24, 2.45) is 0 Å². The highest BCUT2D eigenvalue weighted by molar-refractivity contribution is 5.93. The molecule has 2 aromatic carbocycles. The Kier molecular flexibility index (Phi) is 5.01. The summed E-state index contributed by atoms with van der Waals surface area (Å²) in [6.07, 6.45) is -0.568. The minimum Gasteiger partial charge on any atom is -0.323 e. The van der Waals surface area contributed by atoms with Gasteiger partial charge in [0.05, 0.1) is 34.2 Å². The highest BCUT2D eigenvalue weighted by atomic mass is 19.4. The quantitative estimate of drug-likeness (QED) is 0.503. The number of nitrogens with zero attached hydrogens (tertiary/aromatic N) is 4. The third kappa shape index (κ3) is 4.15. The third-order valence-corrected chi connectivity index (χ3v) is 4.45. The van der Waals surface area contributed by atoms with Gasteiger partial charge in [-0.1, -0.05) is 0 Å². The van der Waals surface area contributed by atoms with Gasteiger partial charge in [-0.05, 0) is 42.5 Å². The van der Waals surface area contributed by atoms with Crippen LogP contribution in [0.15, 0.2) is 66.0 Å². The van der Waals surface area contributed by atoms with E-state index in [4.69, 9.17) is 0 Å². The lowest BCUT2D eigenvalue weighted by molar-refractivity contribution is -0.137. The number of hydrogen-bond donors (Lipinski definition) is 1. The van der Waals surface area contributed by atoms with Crippen molar-refractivity contribution in [1.29, 1.82) is 0 Å². The second-order valence-electron chi connectivity index (χ2n) is 6.57. The van der Waals surface area contributed by atoms with Gasteiger partial charge >= 0.3 is 6.18 Å². The normalized spacial score (nSPS) is 11.6. The number of hydrogen-bond acceptors (Lipinski definition) is 4. The van der Waals surface area contributed by atoms with Crippen LogP contribution >= 0.6 is 0 Å². The van der Waals surface area contributed by atoms with Crippen molar-refractivity contribution in [3.8, 4) is 5.69 Å². The molecule has 0 aliphatic heterocycles. The average molecular weight is 431 g/mol. The minimum absolute atomic E-state index is 0.0217. The molecule has 0 bridgehead atoms. The van der Waals surface area contributed by atoms with E-state index in [0.717, 1.165) is 35.2 Å². The lowest BCUT2D eigenvalue weighted by atomic mass is 10.1. The maximum atomic E-state index is 13.5. The first-order valence-electron chi connectivity index (χ1n) is 8.88. The van der Waals surface area contributed by atoms with Crippen molar-refractivity contribution < 1.29 is 22.4 Å². The molecule has 0 saturated heterocycles. The lowest BCUT2D eigenvalue weighted by Gasteiger charge is -2.15. The molecule has 0 saturated carbocycles. The van der Waals surface area contributed by atoms with E-state index in [1.807, 2.05) is 0 Å². The Labute approximate surface area is 171 Å². The van der Waals surface area contributed by atoms with Gasteiger partial charge in [-0.25, -0.2) is 14.1 Å². The molecule has 158 valence electrons. The van der Waals surface area contributed by atoms with Crippen molar-refractivity contribution >= 4 is 22.5 Å². The van der Waals surface area contributed by atoms with Gasteiger partial charge in [0.1, 0.15) is 12.4 Å². The highest BCUT2D eigenvalue weighted by Gasteiger charge is 2.31. The summed E-state index contributed by atoms with van der Waals surface area (Å²) in [5, 5.41) is 6.33. The molecule has 31 heavy (non-hydrogen) atoms. The molecule has 2 aromatic heterocycles. The zero-order valence-corrected chi connectivity index (χ0v) is 15.6. The fourth-order valence-electron chi connectivity index (χ4n) is 3.01. The molecule has 1 N–H and O–H groups in total. The predicted molar refractivity (Wildman–Crippen MR) is 103 cm³/mol. The second kappa shape index (κ2) is 7.67. The Morgan fingerprint density at radius 1 is 1.13 bits per heavy atom. The second-order valence-corrected chi connectivity index (χ2v) is 6.57. The summed E-state index contributed by atoms with van der Waals surface area (Å²) in [4.78, 5) is 29.1. The van der Waals surface area contributed by atoms with E-state index in [1.165, 1.54) is 29.2 Å². The number of nitrogens with one attached hydrogen (secondary N) is 1. The smallest absolute Gasteiger partial charge is 0.323 e. The topological polar surface area (TPSA) is 81.8 Å². The number of carbonyl (C=O) groups excluding carboxylic acids is 1. The van der Waals surface area contributed by atoms with Gasteiger partial charge in [0.2, 0.25) is 5.91 Å². The Bertz CT molecular complexity index is 1330. The number of rotatable bonds is 4. The molecule has 2 heterocycles. The number of amides is 1. The highest BCUT2D eigenvalue weighted by Crippen LogP contribution is 2.33. The monoisotopic (exact) mass is 431 g/mol. The fraction of sp³-hybridized carbons (Fsp3) is 0.100. The van der Waals surface area contributed by atoms with Crippen LogP contribution < -0.4 is 10.9 Å². The van der Waals surface area contributed by atoms with Crippen LogP contribution in [0.4, 0.5) is 23.2 Å². The summed E-state index contributed by atoms with van der Waals surface area (Å²) in [7, 11) is 0. The number of fused-ring (bicyclic) bond motifs is 1. The standard InChI is InChI=1S/C20H13F4N5O2/c21-13-3-4-15-14(9-13)19(31)28(11-25-15)10-18(30)27-16-8-12(20(22,23)24)2-5-17(16)29-7-1-6-26-29/h1-9,11H,10H2,(H,27,30). The number of anilines is 1. The molecule has 0 aliphatic carbocycles. The zero-order chi connectivity index (χ0) is 22.2. The molecule has 0 aliphatic rings. The number of aromatic nitrogens is 4. The molecule has 11 heteroatoms. The van der Waals surface area contributed by atoms with Gasteiger partial charge in [0, 0.05) is 12.4 Å².